The number of aryl methyl sites for hydroxylation is 1. The number of alkyl halides is 4. The summed E-state index contributed by atoms with van der Waals surface area (Å²) in [6.07, 6.45) is 1.53. The molecule has 5 rings (SSSR count). The molecule has 3 heterocycles. The van der Waals surface area contributed by atoms with Crippen LogP contribution in [0.5, 0.6) is 17.4 Å². The van der Waals surface area contributed by atoms with Crippen molar-refractivity contribution in [2.45, 2.75) is 45.1 Å². The van der Waals surface area contributed by atoms with Gasteiger partial charge in [0, 0.05) is 36.4 Å². The average molecular weight is 607 g/mol. The first kappa shape index (κ1) is 30.0. The maximum Gasteiger partial charge on any atom is 0.387 e. The van der Waals surface area contributed by atoms with Gasteiger partial charge in [-0.25, -0.2) is 19.2 Å². The van der Waals surface area contributed by atoms with Crippen LogP contribution in [-0.4, -0.2) is 56.8 Å². The number of imidazole rings is 1. The number of ether oxygens (including phenoxy) is 3. The van der Waals surface area contributed by atoms with Gasteiger partial charge in [-0.2, -0.15) is 17.6 Å². The maximum absolute atomic E-state index is 14.3. The minimum absolute atomic E-state index is 0.131. The molecule has 0 radical (unpaired) electrons. The summed E-state index contributed by atoms with van der Waals surface area (Å²) in [6, 6.07) is 11.2. The van der Waals surface area contributed by atoms with E-state index in [2.05, 4.69) is 24.3 Å². The van der Waals surface area contributed by atoms with E-state index >= 15 is 0 Å². The first-order valence-electron chi connectivity index (χ1n) is 13.3. The summed E-state index contributed by atoms with van der Waals surface area (Å²) in [5.41, 5.74) is 1.33. The van der Waals surface area contributed by atoms with Crippen molar-refractivity contribution in [3.63, 3.8) is 0 Å². The highest BCUT2D eigenvalue weighted by molar-refractivity contribution is 5.95. The van der Waals surface area contributed by atoms with Gasteiger partial charge in [0.05, 0.1) is 17.6 Å². The number of carbonyl (C=O) groups is 1. The van der Waals surface area contributed by atoms with Crippen molar-refractivity contribution in [2.24, 2.45) is 7.05 Å². The smallest absolute Gasteiger partial charge is 0.387 e. The fourth-order valence-electron chi connectivity index (χ4n) is 5.05. The Hall–Kier alpha value is -4.46. The van der Waals surface area contributed by atoms with Gasteiger partial charge in [0.15, 0.2) is 5.75 Å². The van der Waals surface area contributed by atoms with Crippen molar-refractivity contribution in [2.75, 3.05) is 13.1 Å². The minimum Gasteiger partial charge on any atom is -0.478 e. The molecule has 1 aliphatic heterocycles. The van der Waals surface area contributed by atoms with Crippen LogP contribution < -0.4 is 14.2 Å². The molecule has 0 amide bonds. The third-order valence-electron chi connectivity index (χ3n) is 7.25. The van der Waals surface area contributed by atoms with Crippen LogP contribution in [0.4, 0.5) is 22.0 Å². The quantitative estimate of drug-likeness (QED) is 0.209. The van der Waals surface area contributed by atoms with Gasteiger partial charge in [-0.1, -0.05) is 6.07 Å². The number of rotatable bonds is 11. The van der Waals surface area contributed by atoms with E-state index in [1.54, 1.807) is 23.7 Å². The van der Waals surface area contributed by atoms with Gasteiger partial charge in [0.2, 0.25) is 5.88 Å². The van der Waals surface area contributed by atoms with E-state index in [9.17, 15) is 31.9 Å². The highest BCUT2D eigenvalue weighted by Gasteiger charge is 2.25. The summed E-state index contributed by atoms with van der Waals surface area (Å²) >= 11 is 0. The molecule has 0 bridgehead atoms. The molecule has 0 atom stereocenters. The van der Waals surface area contributed by atoms with E-state index in [0.717, 1.165) is 30.7 Å². The number of benzene rings is 2. The van der Waals surface area contributed by atoms with Crippen LogP contribution in [0.3, 0.4) is 0 Å². The fourth-order valence-corrected chi connectivity index (χ4v) is 5.05. The van der Waals surface area contributed by atoms with Crippen molar-refractivity contribution in [3.05, 3.63) is 77.0 Å². The molecule has 9 nitrogen and oxygen atoms in total. The lowest BCUT2D eigenvalue weighted by atomic mass is 9.93. The molecule has 14 heteroatoms. The Kier molecular flexibility index (Phi) is 8.94. The van der Waals surface area contributed by atoms with Crippen molar-refractivity contribution in [1.82, 2.24) is 19.4 Å². The lowest BCUT2D eigenvalue weighted by molar-refractivity contribution is -0.0503. The SMILES string of the molecule is Cn1c(CN2CCC(c3cccc(OCc4ccc(OC(F)F)cc4F)n3)CC2)nc2c(OC(F)F)cc(C(=O)O)cc21. The normalized spacial score (nSPS) is 14.5. The zero-order valence-electron chi connectivity index (χ0n) is 22.9. The molecule has 4 aromatic rings. The molecule has 1 fully saturated rings. The van der Waals surface area contributed by atoms with Crippen LogP contribution in [0, 0.1) is 5.82 Å². The van der Waals surface area contributed by atoms with Crippen LogP contribution in [0.15, 0.2) is 48.5 Å². The summed E-state index contributed by atoms with van der Waals surface area (Å²) < 4.78 is 81.0. The third kappa shape index (κ3) is 7.13. The number of likely N-dealkylation sites (tertiary alicyclic amines) is 1. The molecule has 1 N–H and O–H groups in total. The number of pyridine rings is 1. The second-order valence-corrected chi connectivity index (χ2v) is 9.98. The summed E-state index contributed by atoms with van der Waals surface area (Å²) in [7, 11) is 1.70. The molecule has 228 valence electrons. The van der Waals surface area contributed by atoms with Crippen LogP contribution in [0.1, 0.15) is 46.2 Å². The van der Waals surface area contributed by atoms with Gasteiger partial charge < -0.3 is 23.9 Å². The Bertz CT molecular complexity index is 1610. The Balaban J connectivity index is 1.21. The fraction of sp³-hybridized carbons (Fsp3) is 0.345. The Labute approximate surface area is 242 Å². The Morgan fingerprint density at radius 2 is 1.77 bits per heavy atom. The van der Waals surface area contributed by atoms with Gasteiger partial charge >= 0.3 is 19.2 Å². The minimum atomic E-state index is -3.13. The highest BCUT2D eigenvalue weighted by Crippen LogP contribution is 2.32. The summed E-state index contributed by atoms with van der Waals surface area (Å²) in [5, 5.41) is 9.39. The first-order valence-corrected chi connectivity index (χ1v) is 13.3. The van der Waals surface area contributed by atoms with Gasteiger partial charge in [0.25, 0.3) is 0 Å². The summed E-state index contributed by atoms with van der Waals surface area (Å²) in [5.74, 6) is -1.57. The number of aromatic nitrogens is 3. The maximum atomic E-state index is 14.3. The van der Waals surface area contributed by atoms with Crippen molar-refractivity contribution >= 4 is 17.0 Å². The van der Waals surface area contributed by atoms with Crippen LogP contribution in [0.2, 0.25) is 0 Å². The van der Waals surface area contributed by atoms with E-state index in [1.165, 1.54) is 18.2 Å². The van der Waals surface area contributed by atoms with Crippen LogP contribution in [0.25, 0.3) is 11.0 Å². The zero-order chi connectivity index (χ0) is 30.7. The second-order valence-electron chi connectivity index (χ2n) is 9.98. The third-order valence-corrected chi connectivity index (χ3v) is 7.25. The molecular formula is C29H27F5N4O5. The average Bonchev–Trinajstić information content (AvgIpc) is 3.27. The van der Waals surface area contributed by atoms with E-state index in [0.29, 0.717) is 36.9 Å². The number of hydrogen-bond donors (Lipinski definition) is 1. The van der Waals surface area contributed by atoms with Gasteiger partial charge in [-0.3, -0.25) is 4.90 Å². The molecule has 0 saturated carbocycles. The van der Waals surface area contributed by atoms with Crippen molar-refractivity contribution in [3.8, 4) is 17.4 Å². The topological polar surface area (TPSA) is 98.9 Å². The number of fused-ring (bicyclic) bond motifs is 1. The molecular weight excluding hydrogens is 579 g/mol. The molecule has 43 heavy (non-hydrogen) atoms. The molecule has 0 spiro atoms. The van der Waals surface area contributed by atoms with E-state index < -0.39 is 25.0 Å². The lowest BCUT2D eigenvalue weighted by Crippen LogP contribution is -2.33. The van der Waals surface area contributed by atoms with Gasteiger partial charge in [0.1, 0.15) is 29.5 Å². The van der Waals surface area contributed by atoms with Crippen molar-refractivity contribution in [1.29, 1.82) is 0 Å². The van der Waals surface area contributed by atoms with E-state index in [4.69, 9.17) is 4.74 Å². The van der Waals surface area contributed by atoms with Crippen LogP contribution >= 0.6 is 0 Å². The number of nitrogens with zero attached hydrogens (tertiary/aromatic N) is 4. The lowest BCUT2D eigenvalue weighted by Gasteiger charge is -2.31. The molecule has 0 aliphatic carbocycles. The number of aromatic carboxylic acids is 1. The highest BCUT2D eigenvalue weighted by atomic mass is 19.3. The van der Waals surface area contributed by atoms with E-state index in [1.807, 2.05) is 6.07 Å². The Morgan fingerprint density at radius 1 is 1.02 bits per heavy atom. The number of carboxylic acid groups (broad SMARTS) is 1. The number of carboxylic acids is 1. The van der Waals surface area contributed by atoms with E-state index in [-0.39, 0.29) is 40.7 Å². The van der Waals surface area contributed by atoms with Crippen LogP contribution in [-0.2, 0) is 20.2 Å². The monoisotopic (exact) mass is 606 g/mol. The van der Waals surface area contributed by atoms with Crippen molar-refractivity contribution < 1.29 is 46.1 Å². The molecule has 1 saturated heterocycles. The molecule has 2 aromatic carbocycles. The molecule has 0 unspecified atom stereocenters. The number of halogens is 5. The summed E-state index contributed by atoms with van der Waals surface area (Å²) in [6.45, 7) is -4.52. The number of hydrogen-bond acceptors (Lipinski definition) is 7. The molecule has 1 aliphatic rings. The Morgan fingerprint density at radius 3 is 2.44 bits per heavy atom. The van der Waals surface area contributed by atoms with Gasteiger partial charge in [-0.05, 0) is 56.3 Å². The largest absolute Gasteiger partial charge is 0.478 e. The summed E-state index contributed by atoms with van der Waals surface area (Å²) in [4.78, 5) is 22.7. The molecule has 2 aromatic heterocycles. The predicted octanol–water partition coefficient (Wildman–Crippen LogP) is 5.97. The predicted molar refractivity (Wildman–Crippen MR) is 143 cm³/mol. The second kappa shape index (κ2) is 12.8. The zero-order valence-corrected chi connectivity index (χ0v) is 22.9. The standard InChI is InChI=1S/C29H27F5N4O5/c1-37-22-11-18(27(39)40)12-23(43-29(33)34)26(22)36-24(37)14-38-9-7-16(8-10-38)21-3-2-4-25(35-21)41-15-17-5-6-19(13-20(17)30)42-28(31)32/h2-6,11-13,16,28-29H,7-10,14-15H2,1H3,(H,39,40). The van der Waals surface area contributed by atoms with Gasteiger partial charge in [-0.15, -0.1) is 0 Å². The first-order chi connectivity index (χ1) is 20.6. The number of piperidine rings is 1.